The summed E-state index contributed by atoms with van der Waals surface area (Å²) in [5.74, 6) is 5.57. The van der Waals surface area contributed by atoms with Crippen molar-refractivity contribution in [2.45, 2.75) is 18.7 Å². The lowest BCUT2D eigenvalue weighted by atomic mass is 10.2. The van der Waals surface area contributed by atoms with Crippen LogP contribution in [0.5, 0.6) is 0 Å². The molecule has 0 unspecified atom stereocenters. The van der Waals surface area contributed by atoms with Crippen LogP contribution in [0.3, 0.4) is 0 Å². The summed E-state index contributed by atoms with van der Waals surface area (Å²) >= 11 is 0. The minimum Gasteiger partial charge on any atom is -0.253 e. The second kappa shape index (κ2) is 6.57. The third-order valence-corrected chi connectivity index (χ3v) is 4.16. The van der Waals surface area contributed by atoms with Crippen molar-refractivity contribution in [1.82, 2.24) is 0 Å². The maximum absolute atomic E-state index is 11.9. The van der Waals surface area contributed by atoms with E-state index in [1.54, 1.807) is 12.1 Å². The van der Waals surface area contributed by atoms with Gasteiger partial charge >= 0.3 is 0 Å². The van der Waals surface area contributed by atoms with Gasteiger partial charge in [0.05, 0.1) is 4.90 Å². The summed E-state index contributed by atoms with van der Waals surface area (Å²) in [7, 11) is -3.74. The van der Waals surface area contributed by atoms with Gasteiger partial charge in [0.1, 0.15) is 6.61 Å². The first-order chi connectivity index (χ1) is 9.97. The molecule has 0 spiro atoms. The predicted octanol–water partition coefficient (Wildman–Crippen LogP) is 3.06. The van der Waals surface area contributed by atoms with Crippen molar-refractivity contribution in [3.8, 4) is 11.8 Å². The standard InChI is InChI=1S/C17H16O3S/c1-14-5-9-16(10-6-14)4-3-13-20-21(18,19)17-11-7-15(2)8-12-17/h5-12H,13H2,1-2H3. The maximum atomic E-state index is 11.9. The van der Waals surface area contributed by atoms with Crippen molar-refractivity contribution in [1.29, 1.82) is 0 Å². The molecule has 0 aliphatic rings. The summed E-state index contributed by atoms with van der Waals surface area (Å²) in [5.41, 5.74) is 2.98. The first kappa shape index (κ1) is 15.3. The minimum atomic E-state index is -3.74. The van der Waals surface area contributed by atoms with Gasteiger partial charge < -0.3 is 0 Å². The number of hydrogen-bond acceptors (Lipinski definition) is 3. The van der Waals surface area contributed by atoms with E-state index >= 15 is 0 Å². The van der Waals surface area contributed by atoms with E-state index < -0.39 is 10.1 Å². The Hall–Kier alpha value is -2.09. The highest BCUT2D eigenvalue weighted by Crippen LogP contribution is 2.12. The molecular formula is C17H16O3S. The lowest BCUT2D eigenvalue weighted by Crippen LogP contribution is -2.06. The van der Waals surface area contributed by atoms with Crippen LogP contribution >= 0.6 is 0 Å². The van der Waals surface area contributed by atoms with Crippen molar-refractivity contribution in [3.05, 3.63) is 65.2 Å². The molecule has 0 fully saturated rings. The zero-order chi connectivity index (χ0) is 15.3. The minimum absolute atomic E-state index is 0.144. The second-order valence-corrected chi connectivity index (χ2v) is 6.31. The van der Waals surface area contributed by atoms with Gasteiger partial charge in [-0.1, -0.05) is 47.2 Å². The van der Waals surface area contributed by atoms with Crippen LogP contribution in [-0.4, -0.2) is 15.0 Å². The molecule has 0 radical (unpaired) electrons. The van der Waals surface area contributed by atoms with Gasteiger partial charge in [0.25, 0.3) is 10.1 Å². The van der Waals surface area contributed by atoms with E-state index in [-0.39, 0.29) is 11.5 Å². The second-order valence-electron chi connectivity index (χ2n) is 4.70. The Labute approximate surface area is 125 Å². The highest BCUT2D eigenvalue weighted by Gasteiger charge is 2.13. The smallest absolute Gasteiger partial charge is 0.253 e. The van der Waals surface area contributed by atoms with Crippen LogP contribution < -0.4 is 0 Å². The molecule has 108 valence electrons. The summed E-state index contributed by atoms with van der Waals surface area (Å²) in [6, 6.07) is 14.2. The normalized spacial score (nSPS) is 10.8. The SMILES string of the molecule is Cc1ccc(C#CCOS(=O)(=O)c2ccc(C)cc2)cc1. The Balaban J connectivity index is 2.00. The van der Waals surface area contributed by atoms with Gasteiger partial charge in [0, 0.05) is 5.56 Å². The van der Waals surface area contributed by atoms with Crippen LogP contribution in [0.25, 0.3) is 0 Å². The van der Waals surface area contributed by atoms with E-state index in [1.165, 1.54) is 12.1 Å². The van der Waals surface area contributed by atoms with Crippen LogP contribution in [0.4, 0.5) is 0 Å². The van der Waals surface area contributed by atoms with Crippen molar-refractivity contribution in [3.63, 3.8) is 0 Å². The lowest BCUT2D eigenvalue weighted by molar-refractivity contribution is 0.363. The number of aryl methyl sites for hydroxylation is 2. The molecular weight excluding hydrogens is 284 g/mol. The summed E-state index contributed by atoms with van der Waals surface area (Å²) in [5, 5.41) is 0. The van der Waals surface area contributed by atoms with Gasteiger partial charge in [-0.3, -0.25) is 4.18 Å². The number of rotatable bonds is 3. The van der Waals surface area contributed by atoms with Crippen LogP contribution in [0.2, 0.25) is 0 Å². The fourth-order valence-electron chi connectivity index (χ4n) is 1.66. The van der Waals surface area contributed by atoms with Gasteiger partial charge in [-0.25, -0.2) is 0 Å². The lowest BCUT2D eigenvalue weighted by Gasteiger charge is -2.02. The molecule has 0 heterocycles. The van der Waals surface area contributed by atoms with Gasteiger partial charge in [-0.05, 0) is 38.1 Å². The summed E-state index contributed by atoms with van der Waals surface area (Å²) in [4.78, 5) is 0.144. The first-order valence-corrected chi connectivity index (χ1v) is 7.90. The summed E-state index contributed by atoms with van der Waals surface area (Å²) in [6.07, 6.45) is 0. The van der Waals surface area contributed by atoms with Crippen LogP contribution in [0, 0.1) is 25.7 Å². The van der Waals surface area contributed by atoms with Gasteiger partial charge in [0.2, 0.25) is 0 Å². The molecule has 21 heavy (non-hydrogen) atoms. The molecule has 0 saturated heterocycles. The van der Waals surface area contributed by atoms with Gasteiger partial charge in [-0.2, -0.15) is 8.42 Å². The van der Waals surface area contributed by atoms with E-state index in [9.17, 15) is 8.42 Å². The van der Waals surface area contributed by atoms with Crippen molar-refractivity contribution < 1.29 is 12.6 Å². The number of benzene rings is 2. The van der Waals surface area contributed by atoms with E-state index in [1.807, 2.05) is 38.1 Å². The molecule has 3 nitrogen and oxygen atoms in total. The fraction of sp³-hybridized carbons (Fsp3) is 0.176. The topological polar surface area (TPSA) is 43.4 Å². The molecule has 2 aromatic rings. The van der Waals surface area contributed by atoms with Gasteiger partial charge in [0.15, 0.2) is 0 Å². The number of hydrogen-bond donors (Lipinski definition) is 0. The molecule has 0 saturated carbocycles. The molecule has 0 aromatic heterocycles. The summed E-state index contributed by atoms with van der Waals surface area (Å²) in [6.45, 7) is 3.73. The highest BCUT2D eigenvalue weighted by molar-refractivity contribution is 7.86. The molecule has 2 rings (SSSR count). The zero-order valence-corrected chi connectivity index (χ0v) is 12.8. The van der Waals surface area contributed by atoms with E-state index in [2.05, 4.69) is 11.8 Å². The molecule has 0 aliphatic carbocycles. The van der Waals surface area contributed by atoms with Crippen molar-refractivity contribution in [2.24, 2.45) is 0 Å². The molecule has 0 atom stereocenters. The fourth-order valence-corrected chi connectivity index (χ4v) is 2.47. The third kappa shape index (κ3) is 4.45. The molecule has 4 heteroatoms. The Morgan fingerprint density at radius 2 is 1.43 bits per heavy atom. The van der Waals surface area contributed by atoms with Crippen LogP contribution in [0.1, 0.15) is 16.7 Å². The molecule has 0 N–H and O–H groups in total. The average Bonchev–Trinajstić information content (AvgIpc) is 2.46. The third-order valence-electron chi connectivity index (χ3n) is 2.88. The Bertz CT molecular complexity index is 762. The molecule has 2 aromatic carbocycles. The Morgan fingerprint density at radius 1 is 0.905 bits per heavy atom. The average molecular weight is 300 g/mol. The van der Waals surface area contributed by atoms with Crippen LogP contribution in [-0.2, 0) is 14.3 Å². The maximum Gasteiger partial charge on any atom is 0.297 e. The molecule has 0 amide bonds. The van der Waals surface area contributed by atoms with E-state index in [0.29, 0.717) is 0 Å². The predicted molar refractivity (Wildman–Crippen MR) is 82.4 cm³/mol. The Kier molecular flexibility index (Phi) is 4.79. The van der Waals surface area contributed by atoms with Crippen molar-refractivity contribution in [2.75, 3.05) is 6.61 Å². The molecule has 0 bridgehead atoms. The largest absolute Gasteiger partial charge is 0.297 e. The van der Waals surface area contributed by atoms with E-state index in [4.69, 9.17) is 4.18 Å². The van der Waals surface area contributed by atoms with Crippen molar-refractivity contribution >= 4 is 10.1 Å². The quantitative estimate of drug-likeness (QED) is 0.646. The monoisotopic (exact) mass is 300 g/mol. The summed E-state index contributed by atoms with van der Waals surface area (Å²) < 4.78 is 28.7. The van der Waals surface area contributed by atoms with Gasteiger partial charge in [-0.15, -0.1) is 0 Å². The van der Waals surface area contributed by atoms with E-state index in [0.717, 1.165) is 16.7 Å². The first-order valence-electron chi connectivity index (χ1n) is 6.49. The van der Waals surface area contributed by atoms with Crippen LogP contribution in [0.15, 0.2) is 53.4 Å². The Morgan fingerprint density at radius 3 is 2.00 bits per heavy atom. The molecule has 0 aliphatic heterocycles. The highest BCUT2D eigenvalue weighted by atomic mass is 32.2. The zero-order valence-electron chi connectivity index (χ0n) is 12.0.